The zero-order valence-corrected chi connectivity index (χ0v) is 76.8. The van der Waals surface area contributed by atoms with E-state index in [2.05, 4.69) is 105 Å². The first-order chi connectivity index (χ1) is 61.7. The number of nitrogens with zero attached hydrogens (tertiary/aromatic N) is 5. The molecule has 0 radical (unpaired) electrons. The van der Waals surface area contributed by atoms with Gasteiger partial charge in [0.2, 0.25) is 76.8 Å². The van der Waals surface area contributed by atoms with E-state index in [1.54, 1.807) is 45.9 Å². The molecule has 3 aliphatic heterocycles. The highest BCUT2D eigenvalue weighted by Crippen LogP contribution is 2.33. The maximum absolute atomic E-state index is 15.4. The number of aromatic nitrogens is 3. The molecule has 708 valence electrons. The number of hydrogen-bond acceptors (Lipinski definition) is 27. The molecule has 0 saturated carbocycles. The fourth-order valence-corrected chi connectivity index (χ4v) is 16.4. The number of benzene rings is 3. The Balaban J connectivity index is 0.874. The summed E-state index contributed by atoms with van der Waals surface area (Å²) in [4.78, 5) is 249. The molecule has 16 amide bonds. The number of nitrogens with one attached hydrogen (secondary N) is 12. The van der Waals surface area contributed by atoms with Gasteiger partial charge in [-0.2, -0.15) is 0 Å². The van der Waals surface area contributed by atoms with Crippen molar-refractivity contribution in [1.82, 2.24) is 82.8 Å². The quantitative estimate of drug-likeness (QED) is 0.0152. The predicted octanol–water partition coefficient (Wildman–Crippen LogP) is -2.16. The van der Waals surface area contributed by atoms with Crippen LogP contribution in [-0.4, -0.2) is 302 Å². The lowest BCUT2D eigenvalue weighted by Gasteiger charge is -2.32. The van der Waals surface area contributed by atoms with Gasteiger partial charge in [0.1, 0.15) is 59.7 Å². The fraction of sp³-hybridized carbons (Fsp3) is 0.530. The lowest BCUT2D eigenvalue weighted by atomic mass is 9.93. The van der Waals surface area contributed by atoms with Crippen LogP contribution >= 0.6 is 31.9 Å². The molecule has 2 bridgehead atoms. The number of primary amides is 2. The van der Waals surface area contributed by atoms with Crippen molar-refractivity contribution in [3.63, 3.8) is 0 Å². The number of carbonyl (C=O) groups excluding carboxylic acids is 17. The molecule has 3 aromatic carbocycles. The van der Waals surface area contributed by atoms with Gasteiger partial charge in [0.25, 0.3) is 5.91 Å². The number of nitrogens with two attached hydrogens (primary N) is 2. The van der Waals surface area contributed by atoms with Crippen molar-refractivity contribution in [3.05, 3.63) is 88.7 Å². The number of halogens is 2. The molecule has 47 heteroatoms. The van der Waals surface area contributed by atoms with Crippen LogP contribution in [0.1, 0.15) is 120 Å². The lowest BCUT2D eigenvalue weighted by Crippen LogP contribution is -2.61. The van der Waals surface area contributed by atoms with Crippen LogP contribution in [0.3, 0.4) is 0 Å². The standard InChI is InChI=1S/C83H111Br2N19O25S/c1-9-42(4)70-78(120)90-35-68(112)96-61-40-130(125)80-53(31-57(75(117)89-36-69(113)100-70)98-79(121)71(43(5)64(108)38-105)101-77(119)62-29-50(106)37-104(62)81(122)48(27-63(61)107)28-65(86)109)52-16-15-51(30-55(52)99-80)129-83(124)103(41(2)3)21-20-102(8)82(123)128-39-46-10-13-49(14-11-46)93-76(118)58(32-66(87)110)97-73(115)45(7)92-72(114)44(6)91-67(111)18-22-126-24-25-127-23-19-88-74(116)47-12-17-54-56(26-47)95-60(34-85)59(33-84)94-54/h10-17,26,30,41-45,48,50,57-58,61-62,64,70-71,99,105-106,108H,9,18-25,27-29,31-40H2,1-8H3,(H2,86,109)(H2,87,110)(H,88,116)(H,89,117)(H,90,120)(H,91,111)(H,92,114)(H,93,118)(H,96,112)(H,97,115)(H,98,121)(H,100,113)(H,101,119)/t42-,43-,44-,45-,48-,50+,57+,58-,61-,62-,64-,70-,71-,130?/m0/s1. The van der Waals surface area contributed by atoms with Crippen molar-refractivity contribution >= 4 is 171 Å². The summed E-state index contributed by atoms with van der Waals surface area (Å²) in [6, 6.07) is 1.92. The number of Topliss-reactive ketones (excluding diaryl/α,β-unsaturated/α-hetero) is 1. The van der Waals surface area contributed by atoms with Crippen molar-refractivity contribution in [2.45, 2.75) is 182 Å². The SMILES string of the molecule is CC[C@H](C)[C@@H]1NC(=O)CNC(=O)[C@H]2Cc3c([nH]c4cc(OC(=O)N(CCN(C)C(=O)OCc5ccc(NC(=O)[C@H](CC(N)=O)NC(=O)[C@H](C)NC(=O)[C@H](C)NC(=O)CCOCCOCCNC(=O)c6ccc7nc(CBr)c(CBr)nc7c6)cc5)C(C)C)ccc34)S(=O)C[C@H](NC(=O)CNC1=O)C(=O)C[C@@H](CC(N)=O)C(=O)N1C[C@H](O)C[C@H]1C(=O)N[C@@H]([C@@H](C)[C@@H](O)CO)C(=O)N2. The summed E-state index contributed by atoms with van der Waals surface area (Å²) in [6.07, 6.45) is -8.26. The number of carbonyl (C=O) groups is 17. The second-order valence-electron chi connectivity index (χ2n) is 31.8. The first kappa shape index (κ1) is 104. The van der Waals surface area contributed by atoms with E-state index in [1.807, 2.05) is 0 Å². The van der Waals surface area contributed by atoms with Crippen molar-refractivity contribution in [1.29, 1.82) is 0 Å². The largest absolute Gasteiger partial charge is 0.445 e. The monoisotopic (exact) mass is 1960 g/mol. The van der Waals surface area contributed by atoms with Crippen LogP contribution in [0.5, 0.6) is 5.75 Å². The van der Waals surface area contributed by atoms with Gasteiger partial charge in [0, 0.05) is 111 Å². The Kier molecular flexibility index (Phi) is 39.3. The van der Waals surface area contributed by atoms with Crippen LogP contribution in [0.25, 0.3) is 21.9 Å². The summed E-state index contributed by atoms with van der Waals surface area (Å²) in [6.45, 7) is 7.52. The molecule has 5 heterocycles. The summed E-state index contributed by atoms with van der Waals surface area (Å²) in [7, 11) is -1.15. The van der Waals surface area contributed by atoms with Crippen molar-refractivity contribution in [2.24, 2.45) is 29.2 Å². The average molecular weight is 1970 g/mol. The third kappa shape index (κ3) is 29.6. The molecule has 1 saturated heterocycles. The summed E-state index contributed by atoms with van der Waals surface area (Å²) in [5.74, 6) is -18.4. The molecular formula is C83H111Br2N19O25S. The molecule has 0 spiro atoms. The van der Waals surface area contributed by atoms with Gasteiger partial charge in [0.05, 0.1) is 121 Å². The van der Waals surface area contributed by atoms with Crippen LogP contribution < -0.4 is 74.7 Å². The minimum Gasteiger partial charge on any atom is -0.445 e. The number of aliphatic hydroxyl groups excluding tert-OH is 3. The number of ketones is 1. The zero-order valence-electron chi connectivity index (χ0n) is 72.8. The number of ether oxygens (including phenoxy) is 4. The Morgan fingerprint density at radius 3 is 2.01 bits per heavy atom. The Hall–Kier alpha value is -11.8. The van der Waals surface area contributed by atoms with Crippen LogP contribution in [0, 0.1) is 17.8 Å². The van der Waals surface area contributed by atoms with Gasteiger partial charge in [-0.25, -0.2) is 19.6 Å². The number of H-pyrrole nitrogens is 1. The summed E-state index contributed by atoms with van der Waals surface area (Å²) in [5.41, 5.74) is 14.9. The number of likely N-dealkylation sites (N-methyl/N-ethyl adjacent to an activating group) is 1. The molecule has 8 rings (SSSR count). The highest BCUT2D eigenvalue weighted by molar-refractivity contribution is 9.09. The molecule has 2 aromatic heterocycles. The number of rotatable bonds is 35. The second kappa shape index (κ2) is 49.3. The van der Waals surface area contributed by atoms with E-state index >= 15 is 4.21 Å². The van der Waals surface area contributed by atoms with Gasteiger partial charge in [-0.05, 0) is 87.2 Å². The molecule has 44 nitrogen and oxygen atoms in total. The third-order valence-corrected chi connectivity index (χ3v) is 24.2. The number of alkyl halides is 2. The average Bonchev–Trinajstić information content (AvgIpc) is 1.62. The second-order valence-corrected chi connectivity index (χ2v) is 34.4. The minimum absolute atomic E-state index is 0.0186. The molecule has 5 aromatic rings. The minimum atomic E-state index is -2.55. The van der Waals surface area contributed by atoms with Gasteiger partial charge in [-0.3, -0.25) is 76.1 Å². The van der Waals surface area contributed by atoms with Gasteiger partial charge in [0.15, 0.2) is 5.78 Å². The Bertz CT molecular complexity index is 5030. The van der Waals surface area contributed by atoms with Gasteiger partial charge < -0.3 is 124 Å². The van der Waals surface area contributed by atoms with E-state index in [-0.39, 0.29) is 97.9 Å². The topological polar surface area (TPSA) is 641 Å². The highest BCUT2D eigenvalue weighted by atomic mass is 79.9. The first-order valence-electron chi connectivity index (χ1n) is 41.9. The van der Waals surface area contributed by atoms with E-state index < -0.39 is 254 Å². The summed E-state index contributed by atoms with van der Waals surface area (Å²) in [5, 5.41) is 60.7. The fourth-order valence-electron chi connectivity index (χ4n) is 14.1. The van der Waals surface area contributed by atoms with E-state index in [0.717, 1.165) is 16.3 Å². The van der Waals surface area contributed by atoms with E-state index in [4.69, 9.17) is 30.4 Å². The molecule has 1 fully saturated rings. The molecule has 14 atom stereocenters. The van der Waals surface area contributed by atoms with Crippen LogP contribution in [0.15, 0.2) is 65.7 Å². The Labute approximate surface area is 766 Å². The number of hydrogen-bond donors (Lipinski definition) is 17. The molecule has 0 aliphatic carbocycles. The highest BCUT2D eigenvalue weighted by Gasteiger charge is 2.46. The predicted molar refractivity (Wildman–Crippen MR) is 472 cm³/mol. The number of amides is 16. The number of aromatic amines is 1. The number of aliphatic hydroxyl groups is 3. The lowest BCUT2D eigenvalue weighted by molar-refractivity contribution is -0.145. The van der Waals surface area contributed by atoms with Crippen LogP contribution in [0.2, 0.25) is 0 Å². The molecular weight excluding hydrogens is 1850 g/mol. The van der Waals surface area contributed by atoms with E-state index in [0.29, 0.717) is 39.2 Å². The van der Waals surface area contributed by atoms with Crippen molar-refractivity contribution < 1.29 is 120 Å². The zero-order chi connectivity index (χ0) is 95.5. The molecule has 130 heavy (non-hydrogen) atoms. The summed E-state index contributed by atoms with van der Waals surface area (Å²) < 4.78 is 37.8. The molecule has 1 unspecified atom stereocenters. The van der Waals surface area contributed by atoms with E-state index in [9.17, 15) is 96.8 Å². The van der Waals surface area contributed by atoms with Crippen LogP contribution in [0.4, 0.5) is 15.3 Å². The molecule has 19 N–H and O–H groups in total. The van der Waals surface area contributed by atoms with Crippen molar-refractivity contribution in [3.8, 4) is 5.75 Å². The van der Waals surface area contributed by atoms with Gasteiger partial charge >= 0.3 is 12.2 Å². The van der Waals surface area contributed by atoms with Crippen LogP contribution in [-0.2, 0) is 116 Å². The normalized spacial score (nSPS) is 20.5. The number of fused-ring (bicyclic) bond motifs is 6. The smallest absolute Gasteiger partial charge is 0.415 e. The summed E-state index contributed by atoms with van der Waals surface area (Å²) >= 11 is 6.83. The third-order valence-electron chi connectivity index (χ3n) is 21.7. The Morgan fingerprint density at radius 2 is 1.35 bits per heavy atom. The van der Waals surface area contributed by atoms with Gasteiger partial charge in [-0.1, -0.05) is 71.2 Å². The maximum atomic E-state index is 15.4. The Morgan fingerprint density at radius 1 is 0.700 bits per heavy atom. The maximum Gasteiger partial charge on any atom is 0.415 e. The van der Waals surface area contributed by atoms with Crippen molar-refractivity contribution in [2.75, 3.05) is 90.4 Å². The van der Waals surface area contributed by atoms with Gasteiger partial charge in [-0.15, -0.1) is 0 Å². The molecule has 3 aliphatic rings. The number of anilines is 1. The van der Waals surface area contributed by atoms with E-state index in [1.165, 1.54) is 80.1 Å². The first-order valence-corrected chi connectivity index (χ1v) is 45.4.